The van der Waals surface area contributed by atoms with Gasteiger partial charge in [0.2, 0.25) is 5.91 Å². The van der Waals surface area contributed by atoms with E-state index < -0.39 is 0 Å². The molecule has 2 amide bonds. The van der Waals surface area contributed by atoms with Crippen LogP contribution in [0.5, 0.6) is 11.5 Å². The predicted molar refractivity (Wildman–Crippen MR) is 101 cm³/mol. The summed E-state index contributed by atoms with van der Waals surface area (Å²) in [6.45, 7) is 5.70. The van der Waals surface area contributed by atoms with Crippen LogP contribution in [0.25, 0.3) is 0 Å². The van der Waals surface area contributed by atoms with Gasteiger partial charge in [0.05, 0.1) is 13.5 Å². The third-order valence-corrected chi connectivity index (χ3v) is 3.55. The number of phenols is 1. The first-order valence-electron chi connectivity index (χ1n) is 8.27. The van der Waals surface area contributed by atoms with Crippen LogP contribution in [-0.4, -0.2) is 29.6 Å². The number of rotatable bonds is 5. The standard InChI is InChI=1S/C20H24N2O4/c1-20(2,3)22-19(25)14-8-5-9-15(11-14)21-17(23)12-13-7-6-10-16(26-4)18(13)24/h5-11,24H,12H2,1-4H3,(H,21,23)(H,22,25). The van der Waals surface area contributed by atoms with Gasteiger partial charge in [0.15, 0.2) is 11.5 Å². The van der Waals surface area contributed by atoms with Gasteiger partial charge in [-0.05, 0) is 45.0 Å². The summed E-state index contributed by atoms with van der Waals surface area (Å²) < 4.78 is 5.04. The third-order valence-electron chi connectivity index (χ3n) is 3.55. The number of phenolic OH excluding ortho intramolecular Hbond substituents is 1. The average molecular weight is 356 g/mol. The summed E-state index contributed by atoms with van der Waals surface area (Å²) in [6.07, 6.45) is -0.0125. The summed E-state index contributed by atoms with van der Waals surface area (Å²) in [5.74, 6) is -0.249. The lowest BCUT2D eigenvalue weighted by atomic mass is 10.1. The molecule has 2 aromatic carbocycles. The Morgan fingerprint density at radius 3 is 2.46 bits per heavy atom. The quantitative estimate of drug-likeness (QED) is 0.768. The molecule has 0 saturated carbocycles. The van der Waals surface area contributed by atoms with Crippen LogP contribution in [0, 0.1) is 0 Å². The van der Waals surface area contributed by atoms with Gasteiger partial charge in [0, 0.05) is 22.4 Å². The molecule has 6 nitrogen and oxygen atoms in total. The molecular formula is C20H24N2O4. The summed E-state index contributed by atoms with van der Waals surface area (Å²) in [4.78, 5) is 24.5. The van der Waals surface area contributed by atoms with Gasteiger partial charge in [-0.15, -0.1) is 0 Å². The molecule has 0 aliphatic rings. The fraction of sp³-hybridized carbons (Fsp3) is 0.300. The maximum Gasteiger partial charge on any atom is 0.251 e. The van der Waals surface area contributed by atoms with E-state index in [2.05, 4.69) is 10.6 Å². The zero-order chi connectivity index (χ0) is 19.3. The highest BCUT2D eigenvalue weighted by Crippen LogP contribution is 2.29. The molecule has 138 valence electrons. The maximum absolute atomic E-state index is 12.3. The average Bonchev–Trinajstić information content (AvgIpc) is 2.55. The van der Waals surface area contributed by atoms with Crippen LogP contribution in [0.3, 0.4) is 0 Å². The molecule has 3 N–H and O–H groups in total. The van der Waals surface area contributed by atoms with Crippen LogP contribution in [0.15, 0.2) is 42.5 Å². The lowest BCUT2D eigenvalue weighted by Crippen LogP contribution is -2.40. The second kappa shape index (κ2) is 7.91. The highest BCUT2D eigenvalue weighted by Gasteiger charge is 2.16. The summed E-state index contributed by atoms with van der Waals surface area (Å²) in [5, 5.41) is 15.7. The zero-order valence-electron chi connectivity index (χ0n) is 15.4. The molecule has 26 heavy (non-hydrogen) atoms. The topological polar surface area (TPSA) is 87.7 Å². The maximum atomic E-state index is 12.3. The fourth-order valence-electron chi connectivity index (χ4n) is 2.40. The van der Waals surface area contributed by atoms with Crippen molar-refractivity contribution >= 4 is 17.5 Å². The summed E-state index contributed by atoms with van der Waals surface area (Å²) in [7, 11) is 1.45. The minimum absolute atomic E-state index is 0.0125. The van der Waals surface area contributed by atoms with Gasteiger partial charge in [-0.3, -0.25) is 9.59 Å². The molecule has 0 heterocycles. The molecule has 0 spiro atoms. The molecule has 0 bridgehead atoms. The first-order chi connectivity index (χ1) is 12.2. The highest BCUT2D eigenvalue weighted by molar-refractivity contribution is 5.98. The van der Waals surface area contributed by atoms with E-state index in [0.717, 1.165) is 0 Å². The molecular weight excluding hydrogens is 332 g/mol. The Hall–Kier alpha value is -3.02. The predicted octanol–water partition coefficient (Wildman–Crippen LogP) is 3.11. The van der Waals surface area contributed by atoms with Gasteiger partial charge in [-0.1, -0.05) is 18.2 Å². The number of amides is 2. The minimum Gasteiger partial charge on any atom is -0.504 e. The molecule has 0 aliphatic heterocycles. The first-order valence-corrected chi connectivity index (χ1v) is 8.27. The Kier molecular flexibility index (Phi) is 5.87. The Morgan fingerprint density at radius 2 is 1.81 bits per heavy atom. The lowest BCUT2D eigenvalue weighted by Gasteiger charge is -2.20. The van der Waals surface area contributed by atoms with E-state index in [4.69, 9.17) is 4.74 Å². The molecule has 6 heteroatoms. The minimum atomic E-state index is -0.347. The Balaban J connectivity index is 2.08. The van der Waals surface area contributed by atoms with Crippen LogP contribution in [0.1, 0.15) is 36.7 Å². The molecule has 2 rings (SSSR count). The Labute approximate surface area is 153 Å². The van der Waals surface area contributed by atoms with E-state index in [0.29, 0.717) is 22.6 Å². The zero-order valence-corrected chi connectivity index (χ0v) is 15.4. The molecule has 0 saturated heterocycles. The number of methoxy groups -OCH3 is 1. The molecule has 0 fully saturated rings. The third kappa shape index (κ3) is 5.24. The normalized spacial score (nSPS) is 10.9. The number of anilines is 1. The van der Waals surface area contributed by atoms with Crippen molar-refractivity contribution < 1.29 is 19.4 Å². The highest BCUT2D eigenvalue weighted by atomic mass is 16.5. The van der Waals surface area contributed by atoms with Gasteiger partial charge in [0.25, 0.3) is 5.91 Å². The molecule has 2 aromatic rings. The molecule has 0 radical (unpaired) electrons. The second-order valence-corrected chi connectivity index (χ2v) is 6.98. The van der Waals surface area contributed by atoms with Crippen LogP contribution in [-0.2, 0) is 11.2 Å². The smallest absolute Gasteiger partial charge is 0.251 e. The largest absolute Gasteiger partial charge is 0.504 e. The van der Waals surface area contributed by atoms with Gasteiger partial charge in [-0.25, -0.2) is 0 Å². The van der Waals surface area contributed by atoms with E-state index in [-0.39, 0.29) is 29.5 Å². The number of hydrogen-bond donors (Lipinski definition) is 3. The van der Waals surface area contributed by atoms with Crippen molar-refractivity contribution in [1.29, 1.82) is 0 Å². The van der Waals surface area contributed by atoms with E-state index >= 15 is 0 Å². The molecule has 0 atom stereocenters. The van der Waals surface area contributed by atoms with Gasteiger partial charge < -0.3 is 20.5 Å². The number of hydrogen-bond acceptors (Lipinski definition) is 4. The van der Waals surface area contributed by atoms with Crippen molar-refractivity contribution in [3.8, 4) is 11.5 Å². The van der Waals surface area contributed by atoms with Crippen LogP contribution >= 0.6 is 0 Å². The number of nitrogens with one attached hydrogen (secondary N) is 2. The number of benzene rings is 2. The van der Waals surface area contributed by atoms with Crippen molar-refractivity contribution in [3.63, 3.8) is 0 Å². The van der Waals surface area contributed by atoms with Gasteiger partial charge in [0.1, 0.15) is 0 Å². The first kappa shape index (κ1) is 19.3. The number of ether oxygens (including phenoxy) is 1. The van der Waals surface area contributed by atoms with Crippen LogP contribution in [0.4, 0.5) is 5.69 Å². The second-order valence-electron chi connectivity index (χ2n) is 6.98. The molecule has 0 aliphatic carbocycles. The van der Waals surface area contributed by atoms with Crippen LogP contribution < -0.4 is 15.4 Å². The van der Waals surface area contributed by atoms with Gasteiger partial charge >= 0.3 is 0 Å². The molecule has 0 aromatic heterocycles. The van der Waals surface area contributed by atoms with E-state index in [9.17, 15) is 14.7 Å². The molecule has 0 unspecified atom stereocenters. The van der Waals surface area contributed by atoms with Crippen molar-refractivity contribution in [1.82, 2.24) is 5.32 Å². The van der Waals surface area contributed by atoms with E-state index in [1.54, 1.807) is 42.5 Å². The van der Waals surface area contributed by atoms with Gasteiger partial charge in [-0.2, -0.15) is 0 Å². The fourth-order valence-corrected chi connectivity index (χ4v) is 2.40. The van der Waals surface area contributed by atoms with Crippen molar-refractivity contribution in [3.05, 3.63) is 53.6 Å². The Bertz CT molecular complexity index is 810. The van der Waals surface area contributed by atoms with Crippen molar-refractivity contribution in [2.24, 2.45) is 0 Å². The van der Waals surface area contributed by atoms with Crippen LogP contribution in [0.2, 0.25) is 0 Å². The SMILES string of the molecule is COc1cccc(CC(=O)Nc2cccc(C(=O)NC(C)(C)C)c2)c1O. The number of aromatic hydroxyl groups is 1. The monoisotopic (exact) mass is 356 g/mol. The lowest BCUT2D eigenvalue weighted by molar-refractivity contribution is -0.115. The van der Waals surface area contributed by atoms with Crippen molar-refractivity contribution in [2.75, 3.05) is 12.4 Å². The number of carbonyl (C=O) groups excluding carboxylic acids is 2. The summed E-state index contributed by atoms with van der Waals surface area (Å²) in [6, 6.07) is 11.7. The van der Waals surface area contributed by atoms with E-state index in [1.807, 2.05) is 20.8 Å². The van der Waals surface area contributed by atoms with E-state index in [1.165, 1.54) is 7.11 Å². The summed E-state index contributed by atoms with van der Waals surface area (Å²) >= 11 is 0. The number of para-hydroxylation sites is 1. The summed E-state index contributed by atoms with van der Waals surface area (Å²) in [5.41, 5.74) is 1.09. The Morgan fingerprint density at radius 1 is 1.12 bits per heavy atom. The number of carbonyl (C=O) groups is 2. The van der Waals surface area contributed by atoms with Crippen molar-refractivity contribution in [2.45, 2.75) is 32.7 Å².